The number of hydrogen-bond donors (Lipinski definition) is 3. The van der Waals surface area contributed by atoms with Crippen molar-refractivity contribution < 1.29 is 22.9 Å². The molecule has 0 bridgehead atoms. The zero-order chi connectivity index (χ0) is 32.6. The third-order valence-electron chi connectivity index (χ3n) is 8.71. The van der Waals surface area contributed by atoms with Gasteiger partial charge in [0.1, 0.15) is 0 Å². The van der Waals surface area contributed by atoms with E-state index in [9.17, 15) is 22.9 Å². The van der Waals surface area contributed by atoms with E-state index in [1.165, 1.54) is 141 Å². The summed E-state index contributed by atoms with van der Waals surface area (Å²) >= 11 is 0. The number of hydrogen-bond acceptors (Lipinski definition) is 4. The van der Waals surface area contributed by atoms with Gasteiger partial charge in [-0.1, -0.05) is 187 Å². The monoisotopic (exact) mass is 644 g/mol. The lowest BCUT2D eigenvalue weighted by Gasteiger charge is -2.21. The standard InChI is InChI=1S/C37H73NO5S/c1-3-5-7-9-11-13-15-17-18-19-21-23-25-27-29-31-33-37(40)38-35(34-44(41,42)43)36(39)32-30-28-26-24-22-20-16-14-12-10-8-6-4-2/h30,32,35-36,39H,3-29,31,33-34H2,1-2H3,(H,38,40)(H,41,42,43)/b32-30+. The minimum absolute atomic E-state index is 0.276. The van der Waals surface area contributed by atoms with Crippen molar-refractivity contribution in [1.29, 1.82) is 0 Å². The SMILES string of the molecule is CCCCCCCCCCCCC/C=C/C(O)C(CS(=O)(=O)O)NC(=O)CCCCCCCCCCCCCCCCCC. The van der Waals surface area contributed by atoms with Crippen molar-refractivity contribution in [3.63, 3.8) is 0 Å². The van der Waals surface area contributed by atoms with Gasteiger partial charge >= 0.3 is 0 Å². The largest absolute Gasteiger partial charge is 0.387 e. The van der Waals surface area contributed by atoms with E-state index in [1.54, 1.807) is 6.08 Å². The Morgan fingerprint density at radius 1 is 0.591 bits per heavy atom. The first kappa shape index (κ1) is 43.1. The van der Waals surface area contributed by atoms with Crippen LogP contribution in [0.1, 0.15) is 200 Å². The van der Waals surface area contributed by atoms with Crippen molar-refractivity contribution in [2.75, 3.05) is 5.75 Å². The molecule has 0 radical (unpaired) electrons. The fraction of sp³-hybridized carbons (Fsp3) is 0.919. The van der Waals surface area contributed by atoms with Crippen molar-refractivity contribution in [3.05, 3.63) is 12.2 Å². The third-order valence-corrected chi connectivity index (χ3v) is 9.49. The average Bonchev–Trinajstić information content (AvgIpc) is 2.98. The molecule has 0 saturated carbocycles. The molecule has 0 aliphatic heterocycles. The molecule has 0 aromatic carbocycles. The second-order valence-corrected chi connectivity index (χ2v) is 14.7. The van der Waals surface area contributed by atoms with Crippen LogP contribution in [0.3, 0.4) is 0 Å². The summed E-state index contributed by atoms with van der Waals surface area (Å²) in [6.07, 6.45) is 37.6. The fourth-order valence-corrected chi connectivity index (χ4v) is 6.60. The van der Waals surface area contributed by atoms with E-state index in [4.69, 9.17) is 0 Å². The fourth-order valence-electron chi connectivity index (χ4n) is 5.86. The minimum Gasteiger partial charge on any atom is -0.387 e. The van der Waals surface area contributed by atoms with Gasteiger partial charge in [-0.05, 0) is 19.3 Å². The highest BCUT2D eigenvalue weighted by atomic mass is 32.2. The number of aliphatic hydroxyl groups excluding tert-OH is 1. The first-order valence-electron chi connectivity index (χ1n) is 18.9. The van der Waals surface area contributed by atoms with Crippen molar-refractivity contribution in [2.24, 2.45) is 0 Å². The molecular formula is C37H73NO5S. The zero-order valence-electron chi connectivity index (χ0n) is 29.1. The number of aliphatic hydroxyl groups is 1. The lowest BCUT2D eigenvalue weighted by molar-refractivity contribution is -0.122. The number of unbranched alkanes of at least 4 members (excludes halogenated alkanes) is 26. The molecule has 0 saturated heterocycles. The summed E-state index contributed by atoms with van der Waals surface area (Å²) in [6, 6.07) is -1.05. The maximum absolute atomic E-state index is 12.5. The van der Waals surface area contributed by atoms with Crippen molar-refractivity contribution in [1.82, 2.24) is 5.32 Å². The average molecular weight is 644 g/mol. The molecule has 0 aromatic rings. The summed E-state index contributed by atoms with van der Waals surface area (Å²) in [7, 11) is -4.33. The number of allylic oxidation sites excluding steroid dienone is 1. The Balaban J connectivity index is 3.93. The van der Waals surface area contributed by atoms with Gasteiger partial charge in [-0.2, -0.15) is 8.42 Å². The predicted molar refractivity (Wildman–Crippen MR) is 189 cm³/mol. The van der Waals surface area contributed by atoms with E-state index in [1.807, 2.05) is 6.08 Å². The Morgan fingerprint density at radius 3 is 1.30 bits per heavy atom. The summed E-state index contributed by atoms with van der Waals surface area (Å²) in [5.41, 5.74) is 0. The molecule has 7 heteroatoms. The summed E-state index contributed by atoms with van der Waals surface area (Å²) < 4.78 is 32.3. The van der Waals surface area contributed by atoms with Gasteiger partial charge in [0.15, 0.2) is 0 Å². The van der Waals surface area contributed by atoms with Crippen LogP contribution in [0.25, 0.3) is 0 Å². The van der Waals surface area contributed by atoms with Crippen LogP contribution in [-0.4, -0.2) is 41.9 Å². The Hall–Kier alpha value is -0.920. The normalized spacial score (nSPS) is 13.5. The van der Waals surface area contributed by atoms with Gasteiger partial charge in [-0.3, -0.25) is 9.35 Å². The van der Waals surface area contributed by atoms with Crippen molar-refractivity contribution in [3.8, 4) is 0 Å². The van der Waals surface area contributed by atoms with Crippen molar-refractivity contribution in [2.45, 2.75) is 212 Å². The zero-order valence-corrected chi connectivity index (χ0v) is 29.9. The molecular weight excluding hydrogens is 570 g/mol. The second-order valence-electron chi connectivity index (χ2n) is 13.2. The van der Waals surface area contributed by atoms with E-state index in [0.29, 0.717) is 6.42 Å². The molecule has 2 atom stereocenters. The van der Waals surface area contributed by atoms with Crippen molar-refractivity contribution >= 4 is 16.0 Å². The van der Waals surface area contributed by atoms with Crippen LogP contribution in [0.15, 0.2) is 12.2 Å². The maximum Gasteiger partial charge on any atom is 0.267 e. The lowest BCUT2D eigenvalue weighted by atomic mass is 10.0. The van der Waals surface area contributed by atoms with Crippen LogP contribution in [0.2, 0.25) is 0 Å². The molecule has 0 heterocycles. The molecule has 1 amide bonds. The summed E-state index contributed by atoms with van der Waals surface area (Å²) in [6.45, 7) is 4.51. The van der Waals surface area contributed by atoms with Gasteiger partial charge in [0.05, 0.1) is 17.9 Å². The topological polar surface area (TPSA) is 104 Å². The Kier molecular flexibility index (Phi) is 31.4. The highest BCUT2D eigenvalue weighted by Gasteiger charge is 2.24. The van der Waals surface area contributed by atoms with E-state index in [-0.39, 0.29) is 5.91 Å². The molecule has 44 heavy (non-hydrogen) atoms. The molecule has 0 rings (SSSR count). The molecule has 0 fully saturated rings. The first-order valence-corrected chi connectivity index (χ1v) is 20.5. The van der Waals surface area contributed by atoms with E-state index in [2.05, 4.69) is 19.2 Å². The van der Waals surface area contributed by atoms with Crippen LogP contribution in [-0.2, 0) is 14.9 Å². The van der Waals surface area contributed by atoms with E-state index < -0.39 is 28.0 Å². The summed E-state index contributed by atoms with van der Waals surface area (Å²) in [4.78, 5) is 12.5. The lowest BCUT2D eigenvalue weighted by Crippen LogP contribution is -2.46. The molecule has 0 aromatic heterocycles. The van der Waals surface area contributed by atoms with E-state index in [0.717, 1.165) is 38.5 Å². The van der Waals surface area contributed by atoms with Crippen LogP contribution < -0.4 is 5.32 Å². The number of carbonyl (C=O) groups is 1. The molecule has 2 unspecified atom stereocenters. The Morgan fingerprint density at radius 2 is 0.932 bits per heavy atom. The molecule has 0 spiro atoms. The van der Waals surface area contributed by atoms with E-state index >= 15 is 0 Å². The van der Waals surface area contributed by atoms with Crippen LogP contribution in [0, 0.1) is 0 Å². The number of rotatable bonds is 34. The number of carbonyl (C=O) groups excluding carboxylic acids is 1. The molecule has 6 nitrogen and oxygen atoms in total. The minimum atomic E-state index is -4.33. The molecule has 0 aliphatic carbocycles. The van der Waals surface area contributed by atoms with Gasteiger partial charge in [-0.25, -0.2) is 0 Å². The highest BCUT2D eigenvalue weighted by molar-refractivity contribution is 7.85. The molecule has 0 aliphatic rings. The quantitative estimate of drug-likeness (QED) is 0.0368. The Bertz CT molecular complexity index is 755. The van der Waals surface area contributed by atoms with Gasteiger partial charge in [0.25, 0.3) is 10.1 Å². The van der Waals surface area contributed by atoms with Gasteiger partial charge in [0.2, 0.25) is 5.91 Å². The van der Waals surface area contributed by atoms with Gasteiger partial charge in [0, 0.05) is 6.42 Å². The summed E-state index contributed by atoms with van der Waals surface area (Å²) in [5, 5.41) is 13.2. The first-order chi connectivity index (χ1) is 21.3. The smallest absolute Gasteiger partial charge is 0.267 e. The van der Waals surface area contributed by atoms with Gasteiger partial charge in [-0.15, -0.1) is 0 Å². The number of amides is 1. The van der Waals surface area contributed by atoms with Crippen LogP contribution in [0.5, 0.6) is 0 Å². The predicted octanol–water partition coefficient (Wildman–Crippen LogP) is 10.6. The second kappa shape index (κ2) is 32.0. The Labute approximate surface area is 273 Å². The molecule has 262 valence electrons. The third kappa shape index (κ3) is 32.5. The highest BCUT2D eigenvalue weighted by Crippen LogP contribution is 2.15. The maximum atomic E-state index is 12.5. The summed E-state index contributed by atoms with van der Waals surface area (Å²) in [5.74, 6) is -0.969. The van der Waals surface area contributed by atoms with Crippen LogP contribution >= 0.6 is 0 Å². The van der Waals surface area contributed by atoms with Gasteiger partial charge < -0.3 is 10.4 Å². The van der Waals surface area contributed by atoms with Crippen LogP contribution in [0.4, 0.5) is 0 Å². The number of nitrogens with one attached hydrogen (secondary N) is 1. The molecule has 3 N–H and O–H groups in total.